The van der Waals surface area contributed by atoms with Gasteiger partial charge in [0.1, 0.15) is 6.61 Å². The fraction of sp³-hybridized carbons (Fsp3) is 0.444. The molecule has 1 fully saturated rings. The lowest BCUT2D eigenvalue weighted by molar-refractivity contribution is -0.118. The van der Waals surface area contributed by atoms with Gasteiger partial charge >= 0.3 is 6.09 Å². The molecular weight excluding hydrogens is 292 g/mol. The molecule has 1 atom stereocenters. The average molecular weight is 316 g/mol. The first-order valence-electron chi connectivity index (χ1n) is 7.91. The van der Waals surface area contributed by atoms with Crippen LogP contribution in [0.5, 0.6) is 0 Å². The van der Waals surface area contributed by atoms with Crippen molar-refractivity contribution in [3.8, 4) is 0 Å². The molecule has 0 bridgehead atoms. The highest BCUT2D eigenvalue weighted by Gasteiger charge is 2.34. The van der Waals surface area contributed by atoms with E-state index in [4.69, 9.17) is 4.74 Å². The van der Waals surface area contributed by atoms with Gasteiger partial charge in [0.25, 0.3) is 0 Å². The van der Waals surface area contributed by atoms with E-state index in [1.54, 1.807) is 4.90 Å². The minimum atomic E-state index is -0.363. The standard InChI is InChI=1S/C18H24N2O3/c1-4-16-15(12-19(2)3)17(21)10-11-20(16)18(22)23-13-14-8-6-5-7-9-14/h5-9,12,16H,4,10-11,13H2,1-3H3. The summed E-state index contributed by atoms with van der Waals surface area (Å²) < 4.78 is 5.42. The fourth-order valence-corrected chi connectivity index (χ4v) is 2.77. The molecule has 23 heavy (non-hydrogen) atoms. The molecule has 1 saturated heterocycles. The Labute approximate surface area is 137 Å². The van der Waals surface area contributed by atoms with Gasteiger partial charge in [-0.25, -0.2) is 4.79 Å². The lowest BCUT2D eigenvalue weighted by atomic mass is 9.93. The summed E-state index contributed by atoms with van der Waals surface area (Å²) in [6.45, 7) is 2.63. The highest BCUT2D eigenvalue weighted by Crippen LogP contribution is 2.24. The molecule has 1 unspecified atom stereocenters. The number of hydrogen-bond donors (Lipinski definition) is 0. The maximum atomic E-state index is 12.4. The molecule has 0 spiro atoms. The maximum absolute atomic E-state index is 12.4. The minimum Gasteiger partial charge on any atom is -0.445 e. The summed E-state index contributed by atoms with van der Waals surface area (Å²) in [7, 11) is 3.75. The van der Waals surface area contributed by atoms with Crippen LogP contribution in [0.2, 0.25) is 0 Å². The van der Waals surface area contributed by atoms with Crippen molar-refractivity contribution in [3.05, 3.63) is 47.7 Å². The SMILES string of the molecule is CCC1C(=CN(C)C)C(=O)CCN1C(=O)OCc1ccccc1. The molecule has 0 aliphatic carbocycles. The first-order valence-corrected chi connectivity index (χ1v) is 7.91. The number of ether oxygens (including phenoxy) is 1. The number of piperidine rings is 1. The van der Waals surface area contributed by atoms with Gasteiger partial charge < -0.3 is 14.5 Å². The van der Waals surface area contributed by atoms with Gasteiger partial charge in [-0.2, -0.15) is 0 Å². The van der Waals surface area contributed by atoms with Gasteiger partial charge in [0.05, 0.1) is 6.04 Å². The van der Waals surface area contributed by atoms with E-state index in [1.165, 1.54) is 0 Å². The summed E-state index contributed by atoms with van der Waals surface area (Å²) >= 11 is 0. The molecule has 0 N–H and O–H groups in total. The van der Waals surface area contributed by atoms with Crippen molar-refractivity contribution in [2.75, 3.05) is 20.6 Å². The van der Waals surface area contributed by atoms with Gasteiger partial charge in [0.2, 0.25) is 0 Å². The summed E-state index contributed by atoms with van der Waals surface area (Å²) in [5, 5.41) is 0. The van der Waals surface area contributed by atoms with Gasteiger partial charge in [-0.3, -0.25) is 4.79 Å². The third-order valence-electron chi connectivity index (χ3n) is 3.86. The van der Waals surface area contributed by atoms with Crippen molar-refractivity contribution in [2.24, 2.45) is 0 Å². The third-order valence-corrected chi connectivity index (χ3v) is 3.86. The Morgan fingerprint density at radius 3 is 2.65 bits per heavy atom. The van der Waals surface area contributed by atoms with Crippen LogP contribution < -0.4 is 0 Å². The van der Waals surface area contributed by atoms with Crippen LogP contribution in [0.25, 0.3) is 0 Å². The number of hydrogen-bond acceptors (Lipinski definition) is 4. The quantitative estimate of drug-likeness (QED) is 0.802. The summed E-state index contributed by atoms with van der Waals surface area (Å²) in [6, 6.07) is 9.36. The number of carbonyl (C=O) groups is 2. The van der Waals surface area contributed by atoms with Crippen LogP contribution in [0.3, 0.4) is 0 Å². The van der Waals surface area contributed by atoms with Crippen molar-refractivity contribution in [1.29, 1.82) is 0 Å². The predicted molar refractivity (Wildman–Crippen MR) is 88.8 cm³/mol. The van der Waals surface area contributed by atoms with Crippen molar-refractivity contribution in [2.45, 2.75) is 32.4 Å². The molecule has 0 aromatic heterocycles. The minimum absolute atomic E-state index is 0.109. The van der Waals surface area contributed by atoms with Crippen LogP contribution in [-0.4, -0.2) is 48.4 Å². The van der Waals surface area contributed by atoms with Crippen LogP contribution in [0.4, 0.5) is 4.79 Å². The van der Waals surface area contributed by atoms with E-state index < -0.39 is 0 Å². The van der Waals surface area contributed by atoms with Gasteiger partial charge in [-0.15, -0.1) is 0 Å². The van der Waals surface area contributed by atoms with Gasteiger partial charge in [-0.05, 0) is 12.0 Å². The van der Waals surface area contributed by atoms with E-state index in [-0.39, 0.29) is 24.5 Å². The summed E-state index contributed by atoms with van der Waals surface area (Å²) in [5.74, 6) is 0.109. The smallest absolute Gasteiger partial charge is 0.410 e. The second-order valence-electron chi connectivity index (χ2n) is 5.88. The van der Waals surface area contributed by atoms with E-state index in [0.29, 0.717) is 25.0 Å². The molecule has 124 valence electrons. The first-order chi connectivity index (χ1) is 11.0. The van der Waals surface area contributed by atoms with Crippen LogP contribution in [-0.2, 0) is 16.1 Å². The Bertz CT molecular complexity index is 581. The van der Waals surface area contributed by atoms with E-state index in [9.17, 15) is 9.59 Å². The van der Waals surface area contributed by atoms with Crippen LogP contribution in [0.1, 0.15) is 25.3 Å². The number of likely N-dealkylation sites (tertiary alicyclic amines) is 1. The van der Waals surface area contributed by atoms with Crippen molar-refractivity contribution in [1.82, 2.24) is 9.80 Å². The monoisotopic (exact) mass is 316 g/mol. The number of carbonyl (C=O) groups excluding carboxylic acids is 2. The molecule has 5 heteroatoms. The second-order valence-corrected chi connectivity index (χ2v) is 5.88. The van der Waals surface area contributed by atoms with Crippen molar-refractivity contribution < 1.29 is 14.3 Å². The second kappa shape index (κ2) is 7.81. The summed E-state index contributed by atoms with van der Waals surface area (Å²) in [6.07, 6.45) is 2.48. The Morgan fingerprint density at radius 1 is 1.35 bits per heavy atom. The zero-order valence-electron chi connectivity index (χ0n) is 14.0. The number of Topliss-reactive ketones (excluding diaryl/α,β-unsaturated/α-hetero) is 1. The number of ketones is 1. The third kappa shape index (κ3) is 4.34. The largest absolute Gasteiger partial charge is 0.445 e. The molecule has 5 nitrogen and oxygen atoms in total. The Kier molecular flexibility index (Phi) is 5.79. The Morgan fingerprint density at radius 2 is 2.04 bits per heavy atom. The topological polar surface area (TPSA) is 49.9 Å². The zero-order valence-corrected chi connectivity index (χ0v) is 14.0. The van der Waals surface area contributed by atoms with Gasteiger partial charge in [0, 0.05) is 38.8 Å². The first kappa shape index (κ1) is 17.1. The lowest BCUT2D eigenvalue weighted by Crippen LogP contribution is -2.48. The van der Waals surface area contributed by atoms with Gasteiger partial charge in [0.15, 0.2) is 5.78 Å². The molecule has 1 amide bonds. The lowest BCUT2D eigenvalue weighted by Gasteiger charge is -2.35. The molecule has 1 heterocycles. The summed E-state index contributed by atoms with van der Waals surface area (Å²) in [5.41, 5.74) is 1.63. The average Bonchev–Trinajstić information content (AvgIpc) is 2.55. The van der Waals surface area contributed by atoms with E-state index in [2.05, 4.69) is 0 Å². The number of nitrogens with zero attached hydrogens (tertiary/aromatic N) is 2. The normalized spacial score (nSPS) is 19.8. The van der Waals surface area contributed by atoms with Gasteiger partial charge in [-0.1, -0.05) is 37.3 Å². The van der Waals surface area contributed by atoms with E-state index in [0.717, 1.165) is 5.56 Å². The van der Waals surface area contributed by atoms with Crippen LogP contribution >= 0.6 is 0 Å². The number of benzene rings is 1. The maximum Gasteiger partial charge on any atom is 0.410 e. The Balaban J connectivity index is 2.08. The van der Waals surface area contributed by atoms with Crippen molar-refractivity contribution in [3.63, 3.8) is 0 Å². The molecule has 1 aromatic rings. The van der Waals surface area contributed by atoms with Crippen LogP contribution in [0.15, 0.2) is 42.1 Å². The molecule has 2 rings (SSSR count). The van der Waals surface area contributed by atoms with E-state index >= 15 is 0 Å². The number of amides is 1. The molecular formula is C18H24N2O3. The van der Waals surface area contributed by atoms with Crippen molar-refractivity contribution >= 4 is 11.9 Å². The van der Waals surface area contributed by atoms with Crippen LogP contribution in [0, 0.1) is 0 Å². The fourth-order valence-electron chi connectivity index (χ4n) is 2.77. The predicted octanol–water partition coefficient (Wildman–Crippen LogP) is 2.82. The highest BCUT2D eigenvalue weighted by atomic mass is 16.6. The number of rotatable bonds is 4. The zero-order chi connectivity index (χ0) is 16.8. The molecule has 1 aromatic carbocycles. The molecule has 1 aliphatic heterocycles. The Hall–Kier alpha value is -2.30. The summed E-state index contributed by atoms with van der Waals surface area (Å²) in [4.78, 5) is 28.1. The highest BCUT2D eigenvalue weighted by molar-refractivity contribution is 5.98. The molecule has 0 saturated carbocycles. The molecule has 1 aliphatic rings. The van der Waals surface area contributed by atoms with E-state index in [1.807, 2.05) is 62.5 Å². The molecule has 0 radical (unpaired) electrons.